The van der Waals surface area contributed by atoms with E-state index in [1.807, 2.05) is 0 Å². The Morgan fingerprint density at radius 1 is 1.22 bits per heavy atom. The maximum absolute atomic E-state index is 12.5. The van der Waals surface area contributed by atoms with Gasteiger partial charge in [-0.15, -0.1) is 0 Å². The van der Waals surface area contributed by atoms with Crippen molar-refractivity contribution in [3.05, 3.63) is 48.3 Å². The van der Waals surface area contributed by atoms with E-state index in [0.717, 1.165) is 0 Å². The Bertz CT molecular complexity index is 889. The van der Waals surface area contributed by atoms with Crippen LogP contribution in [0, 0.1) is 0 Å². The van der Waals surface area contributed by atoms with Crippen molar-refractivity contribution in [2.24, 2.45) is 5.73 Å². The van der Waals surface area contributed by atoms with Gasteiger partial charge in [0, 0.05) is 16.7 Å². The molecule has 2 aromatic heterocycles. The maximum atomic E-state index is 12.5. The highest BCUT2D eigenvalue weighted by atomic mass is 32.2. The van der Waals surface area contributed by atoms with Crippen LogP contribution in [0.5, 0.6) is 0 Å². The molecular weight excluding hydrogens is 327 g/mol. The summed E-state index contributed by atoms with van der Waals surface area (Å²) in [5, 5.41) is 0. The van der Waals surface area contributed by atoms with Crippen LogP contribution in [0.25, 0.3) is 22.2 Å². The predicted molar refractivity (Wildman–Crippen MR) is 82.0 cm³/mol. The van der Waals surface area contributed by atoms with Gasteiger partial charge in [-0.2, -0.15) is 13.2 Å². The summed E-state index contributed by atoms with van der Waals surface area (Å²) in [6, 6.07) is 9.23. The van der Waals surface area contributed by atoms with Crippen LogP contribution in [0.15, 0.2) is 47.5 Å². The van der Waals surface area contributed by atoms with Gasteiger partial charge in [0.25, 0.3) is 5.91 Å². The molecule has 0 aliphatic heterocycles. The molecule has 0 radical (unpaired) electrons. The number of pyridine rings is 1. The summed E-state index contributed by atoms with van der Waals surface area (Å²) in [6.45, 7) is 0. The lowest BCUT2D eigenvalue weighted by Crippen LogP contribution is -2.12. The van der Waals surface area contributed by atoms with Gasteiger partial charge in [-0.3, -0.25) is 9.78 Å². The highest BCUT2D eigenvalue weighted by molar-refractivity contribution is 8.00. The lowest BCUT2D eigenvalue weighted by molar-refractivity contribution is -0.0328. The van der Waals surface area contributed by atoms with Crippen LogP contribution in [0.1, 0.15) is 10.5 Å². The van der Waals surface area contributed by atoms with Gasteiger partial charge in [0.15, 0.2) is 0 Å². The minimum Gasteiger partial charge on any atom is -0.364 e. The normalized spacial score (nSPS) is 11.8. The quantitative estimate of drug-likeness (QED) is 0.711. The van der Waals surface area contributed by atoms with E-state index >= 15 is 0 Å². The van der Waals surface area contributed by atoms with E-state index in [1.165, 1.54) is 18.2 Å². The van der Waals surface area contributed by atoms with Crippen molar-refractivity contribution in [2.45, 2.75) is 10.4 Å². The van der Waals surface area contributed by atoms with Crippen molar-refractivity contribution >= 4 is 28.7 Å². The Balaban J connectivity index is 2.18. The number of hydrogen-bond donors (Lipinski definition) is 2. The van der Waals surface area contributed by atoms with Crippen LogP contribution in [-0.4, -0.2) is 21.4 Å². The van der Waals surface area contributed by atoms with E-state index in [1.54, 1.807) is 24.4 Å². The number of aromatic amines is 1. The number of thioether (sulfide) groups is 1. The van der Waals surface area contributed by atoms with Crippen LogP contribution in [0.2, 0.25) is 0 Å². The highest BCUT2D eigenvalue weighted by Gasteiger charge is 2.29. The molecule has 0 saturated heterocycles. The lowest BCUT2D eigenvalue weighted by atomic mass is 10.0. The number of halogens is 3. The highest BCUT2D eigenvalue weighted by Crippen LogP contribution is 2.39. The van der Waals surface area contributed by atoms with Crippen molar-refractivity contribution in [3.63, 3.8) is 0 Å². The molecule has 3 rings (SSSR count). The first kappa shape index (κ1) is 15.4. The molecule has 0 saturated carbocycles. The molecule has 2 heterocycles. The Morgan fingerprint density at radius 2 is 2.00 bits per heavy atom. The van der Waals surface area contributed by atoms with Crippen molar-refractivity contribution in [1.29, 1.82) is 0 Å². The van der Waals surface area contributed by atoms with E-state index in [0.29, 0.717) is 22.2 Å². The lowest BCUT2D eigenvalue weighted by Gasteiger charge is -2.08. The molecule has 4 nitrogen and oxygen atoms in total. The number of fused-ring (bicyclic) bond motifs is 1. The number of primary amides is 1. The zero-order valence-corrected chi connectivity index (χ0v) is 12.3. The average Bonchev–Trinajstić information content (AvgIpc) is 2.85. The molecule has 0 spiro atoms. The van der Waals surface area contributed by atoms with Crippen LogP contribution >= 0.6 is 11.8 Å². The Hall–Kier alpha value is -2.48. The molecule has 0 unspecified atom stereocenters. The topological polar surface area (TPSA) is 71.8 Å². The standard InChI is InChI=1S/C15H10F3N3OS/c16-15(17,18)23-9-4-1-3-8(7-9)11-12-10(5-2-6-20-12)21-13(11)14(19)22/h1-7,21H,(H2,19,22). The number of hydrogen-bond acceptors (Lipinski definition) is 3. The van der Waals surface area contributed by atoms with Crippen molar-refractivity contribution in [2.75, 3.05) is 0 Å². The molecule has 0 atom stereocenters. The molecule has 23 heavy (non-hydrogen) atoms. The van der Waals surface area contributed by atoms with Crippen LogP contribution in [-0.2, 0) is 0 Å². The molecule has 3 N–H and O–H groups in total. The summed E-state index contributed by atoms with van der Waals surface area (Å²) in [5.41, 5.74) is 3.02. The van der Waals surface area contributed by atoms with Gasteiger partial charge < -0.3 is 10.7 Å². The Kier molecular flexibility index (Phi) is 3.77. The largest absolute Gasteiger partial charge is 0.446 e. The SMILES string of the molecule is NC(=O)c1[nH]c2cccnc2c1-c1cccc(SC(F)(F)F)c1. The van der Waals surface area contributed by atoms with E-state index in [4.69, 9.17) is 5.73 Å². The number of H-pyrrole nitrogens is 1. The number of alkyl halides is 3. The van der Waals surface area contributed by atoms with Crippen molar-refractivity contribution < 1.29 is 18.0 Å². The molecule has 3 aromatic rings. The number of aromatic nitrogens is 2. The molecule has 0 fully saturated rings. The summed E-state index contributed by atoms with van der Waals surface area (Å²) in [5.74, 6) is -0.702. The van der Waals surface area contributed by atoms with Gasteiger partial charge in [0.2, 0.25) is 0 Å². The Labute approximate surface area is 132 Å². The second-order valence-corrected chi connectivity index (χ2v) is 5.85. The molecule has 1 amide bonds. The van der Waals surface area contributed by atoms with E-state index in [9.17, 15) is 18.0 Å². The molecule has 1 aromatic carbocycles. The third-order valence-corrected chi connectivity index (χ3v) is 3.88. The fraction of sp³-hybridized carbons (Fsp3) is 0.0667. The third kappa shape index (κ3) is 3.16. The number of amides is 1. The van der Waals surface area contributed by atoms with Gasteiger partial charge >= 0.3 is 5.51 Å². The van der Waals surface area contributed by atoms with E-state index in [-0.39, 0.29) is 22.4 Å². The molecule has 118 valence electrons. The fourth-order valence-electron chi connectivity index (χ4n) is 2.34. The summed E-state index contributed by atoms with van der Waals surface area (Å²) < 4.78 is 37.6. The first-order valence-corrected chi connectivity index (χ1v) is 7.29. The minimum absolute atomic E-state index is 0.0238. The Morgan fingerprint density at radius 3 is 2.70 bits per heavy atom. The number of carbonyl (C=O) groups is 1. The number of benzene rings is 1. The van der Waals surface area contributed by atoms with Crippen molar-refractivity contribution in [3.8, 4) is 11.1 Å². The fourth-order valence-corrected chi connectivity index (χ4v) is 2.94. The molecule has 0 aliphatic rings. The average molecular weight is 337 g/mol. The molecule has 8 heteroatoms. The number of nitrogens with one attached hydrogen (secondary N) is 1. The first-order chi connectivity index (χ1) is 10.8. The number of rotatable bonds is 3. The minimum atomic E-state index is -4.39. The second-order valence-electron chi connectivity index (χ2n) is 4.71. The number of nitrogens with zero attached hydrogens (tertiary/aromatic N) is 1. The molecule has 0 bridgehead atoms. The summed E-state index contributed by atoms with van der Waals surface area (Å²) in [4.78, 5) is 18.7. The summed E-state index contributed by atoms with van der Waals surface area (Å²) in [6.07, 6.45) is 1.54. The predicted octanol–water partition coefficient (Wildman–Crippen LogP) is 3.94. The van der Waals surface area contributed by atoms with Crippen LogP contribution < -0.4 is 5.73 Å². The van der Waals surface area contributed by atoms with Crippen LogP contribution in [0.4, 0.5) is 13.2 Å². The third-order valence-electron chi connectivity index (χ3n) is 3.16. The monoisotopic (exact) mass is 337 g/mol. The summed E-state index contributed by atoms with van der Waals surface area (Å²) >= 11 is -0.215. The molecular formula is C15H10F3N3OS. The van der Waals surface area contributed by atoms with E-state index in [2.05, 4.69) is 9.97 Å². The zero-order chi connectivity index (χ0) is 16.6. The molecule has 0 aliphatic carbocycles. The van der Waals surface area contributed by atoms with Gasteiger partial charge in [-0.1, -0.05) is 12.1 Å². The zero-order valence-electron chi connectivity index (χ0n) is 11.5. The first-order valence-electron chi connectivity index (χ1n) is 6.48. The van der Waals surface area contributed by atoms with Gasteiger partial charge in [-0.25, -0.2) is 0 Å². The number of carbonyl (C=O) groups excluding carboxylic acids is 1. The van der Waals surface area contributed by atoms with Gasteiger partial charge in [-0.05, 0) is 41.6 Å². The maximum Gasteiger partial charge on any atom is 0.446 e. The summed E-state index contributed by atoms with van der Waals surface area (Å²) in [7, 11) is 0. The second kappa shape index (κ2) is 5.62. The van der Waals surface area contributed by atoms with Gasteiger partial charge in [0.05, 0.1) is 11.0 Å². The van der Waals surface area contributed by atoms with E-state index < -0.39 is 11.4 Å². The van der Waals surface area contributed by atoms with Crippen molar-refractivity contribution in [1.82, 2.24) is 9.97 Å². The van der Waals surface area contributed by atoms with Crippen LogP contribution in [0.3, 0.4) is 0 Å². The smallest absolute Gasteiger partial charge is 0.364 e. The number of nitrogens with two attached hydrogens (primary N) is 1. The van der Waals surface area contributed by atoms with Gasteiger partial charge in [0.1, 0.15) is 5.69 Å².